The van der Waals surface area contributed by atoms with Gasteiger partial charge in [0.25, 0.3) is 5.56 Å². The first-order chi connectivity index (χ1) is 19.7. The summed E-state index contributed by atoms with van der Waals surface area (Å²) in [6.45, 7) is 1.35. The Hall–Kier alpha value is -3.48. The van der Waals surface area contributed by atoms with Crippen molar-refractivity contribution in [3.63, 3.8) is 0 Å². The minimum atomic E-state index is -4.71. The normalized spacial score (nSPS) is 19.5. The predicted molar refractivity (Wildman–Crippen MR) is 151 cm³/mol. The van der Waals surface area contributed by atoms with E-state index in [2.05, 4.69) is 20.6 Å². The number of anilines is 2. The van der Waals surface area contributed by atoms with Crippen LogP contribution >= 0.6 is 11.8 Å². The first-order valence-electron chi connectivity index (χ1n) is 13.3. The summed E-state index contributed by atoms with van der Waals surface area (Å²) in [5.74, 6) is 0.423. The number of fused-ring (bicyclic) bond motifs is 1. The predicted octanol–water partition coefficient (Wildman–Crippen LogP) is 5.78. The van der Waals surface area contributed by atoms with E-state index in [1.54, 1.807) is 6.07 Å². The van der Waals surface area contributed by atoms with Gasteiger partial charge < -0.3 is 15.4 Å². The Morgan fingerprint density at radius 3 is 2.59 bits per heavy atom. The summed E-state index contributed by atoms with van der Waals surface area (Å²) in [5.41, 5.74) is 1.08. The maximum Gasteiger partial charge on any atom is 0.406 e. The van der Waals surface area contributed by atoms with Gasteiger partial charge in [0, 0.05) is 59.5 Å². The van der Waals surface area contributed by atoms with E-state index in [1.165, 1.54) is 24.4 Å². The standard InChI is InChI=1S/C29H27F4N5O2S/c30-24-12-18(19-7-9-40-15-19)3-6-22(24)23-11-20-13-35-28(37-26(20)38(27(23)39)16-29(31,32)33)36-21-4-1-17(2-5-21)25-14-34-8-10-41-25/h1-6,11-13,19,25,34H,7-10,14-16H2,(H,35,36,37). The molecule has 2 aliphatic rings. The fraction of sp³-hybridized carbons (Fsp3) is 0.345. The molecule has 214 valence electrons. The second-order valence-corrected chi connectivity index (χ2v) is 11.5. The Morgan fingerprint density at radius 2 is 1.90 bits per heavy atom. The van der Waals surface area contributed by atoms with Crippen LogP contribution < -0.4 is 16.2 Å². The van der Waals surface area contributed by atoms with Crippen molar-refractivity contribution in [2.45, 2.75) is 30.3 Å². The Bertz CT molecular complexity index is 1620. The van der Waals surface area contributed by atoms with Gasteiger partial charge in [0.1, 0.15) is 18.0 Å². The minimum absolute atomic E-state index is 0.0377. The first kappa shape index (κ1) is 27.7. The highest BCUT2D eigenvalue weighted by Crippen LogP contribution is 2.32. The number of nitrogens with one attached hydrogen (secondary N) is 2. The van der Waals surface area contributed by atoms with Gasteiger partial charge in [0.05, 0.1) is 12.2 Å². The lowest BCUT2D eigenvalue weighted by Gasteiger charge is -2.22. The molecule has 4 heterocycles. The third-order valence-corrected chi connectivity index (χ3v) is 8.60. The first-order valence-corrected chi connectivity index (χ1v) is 14.3. The molecular formula is C29H27F4N5O2S. The number of thioether (sulfide) groups is 1. The van der Waals surface area contributed by atoms with Crippen LogP contribution in [0, 0.1) is 5.82 Å². The molecule has 0 radical (unpaired) electrons. The maximum atomic E-state index is 15.2. The number of halogens is 4. The number of aromatic nitrogens is 3. The van der Waals surface area contributed by atoms with Gasteiger partial charge in [0.15, 0.2) is 0 Å². The molecular weight excluding hydrogens is 558 g/mol. The molecule has 2 fully saturated rings. The molecule has 2 unspecified atom stereocenters. The molecule has 2 atom stereocenters. The SMILES string of the molecule is O=c1c(-c2ccc(C3CCOC3)cc2F)cc2cnc(Nc3ccc(C4CNCCS4)cc3)nc2n1CC(F)(F)F. The molecule has 0 bridgehead atoms. The summed E-state index contributed by atoms with van der Waals surface area (Å²) in [4.78, 5) is 21.9. The van der Waals surface area contributed by atoms with Crippen LogP contribution in [0.3, 0.4) is 0 Å². The van der Waals surface area contributed by atoms with Crippen LogP contribution in [0.25, 0.3) is 22.2 Å². The third kappa shape index (κ3) is 6.09. The van der Waals surface area contributed by atoms with Gasteiger partial charge in [-0.05, 0) is 41.8 Å². The quantitative estimate of drug-likeness (QED) is 0.278. The fourth-order valence-electron chi connectivity index (χ4n) is 5.23. The monoisotopic (exact) mass is 585 g/mol. The number of hydrogen-bond donors (Lipinski definition) is 2. The Balaban J connectivity index is 1.34. The molecule has 2 aromatic heterocycles. The summed E-state index contributed by atoms with van der Waals surface area (Å²) in [7, 11) is 0. The summed E-state index contributed by atoms with van der Waals surface area (Å²) < 4.78 is 62.0. The zero-order valence-electron chi connectivity index (χ0n) is 21.9. The lowest BCUT2D eigenvalue weighted by atomic mass is 9.95. The fourth-order valence-corrected chi connectivity index (χ4v) is 6.36. The third-order valence-electron chi connectivity index (χ3n) is 7.32. The number of ether oxygens (including phenoxy) is 1. The Labute approximate surface area is 237 Å². The van der Waals surface area contributed by atoms with Crippen molar-refractivity contribution in [3.8, 4) is 11.1 Å². The molecule has 0 aliphatic carbocycles. The number of hydrogen-bond acceptors (Lipinski definition) is 7. The van der Waals surface area contributed by atoms with Gasteiger partial charge in [-0.25, -0.2) is 9.37 Å². The molecule has 7 nitrogen and oxygen atoms in total. The van der Waals surface area contributed by atoms with Crippen LogP contribution in [0.2, 0.25) is 0 Å². The van der Waals surface area contributed by atoms with E-state index in [-0.39, 0.29) is 34.0 Å². The molecule has 4 aromatic rings. The molecule has 0 spiro atoms. The van der Waals surface area contributed by atoms with Gasteiger partial charge in [-0.2, -0.15) is 29.9 Å². The van der Waals surface area contributed by atoms with Gasteiger partial charge in [0.2, 0.25) is 5.95 Å². The van der Waals surface area contributed by atoms with Crippen LogP contribution in [0.1, 0.15) is 28.7 Å². The second kappa shape index (κ2) is 11.4. The zero-order valence-corrected chi connectivity index (χ0v) is 22.7. The van der Waals surface area contributed by atoms with E-state index in [9.17, 15) is 18.0 Å². The molecule has 2 saturated heterocycles. The molecule has 12 heteroatoms. The molecule has 41 heavy (non-hydrogen) atoms. The van der Waals surface area contributed by atoms with Crippen molar-refractivity contribution in [1.29, 1.82) is 0 Å². The summed E-state index contributed by atoms with van der Waals surface area (Å²) in [6, 6.07) is 13.5. The maximum absolute atomic E-state index is 15.2. The number of rotatable bonds is 6. The van der Waals surface area contributed by atoms with Crippen LogP contribution in [0.15, 0.2) is 59.5 Å². The van der Waals surface area contributed by atoms with Gasteiger partial charge in [-0.3, -0.25) is 9.36 Å². The van der Waals surface area contributed by atoms with Crippen molar-refractivity contribution < 1.29 is 22.3 Å². The van der Waals surface area contributed by atoms with Gasteiger partial charge in [-0.15, -0.1) is 0 Å². The van der Waals surface area contributed by atoms with E-state index < -0.39 is 24.1 Å². The van der Waals surface area contributed by atoms with Crippen LogP contribution in [-0.4, -0.2) is 52.8 Å². The van der Waals surface area contributed by atoms with E-state index >= 15 is 4.39 Å². The lowest BCUT2D eigenvalue weighted by Crippen LogP contribution is -2.30. The van der Waals surface area contributed by atoms with Gasteiger partial charge >= 0.3 is 6.18 Å². The molecule has 0 saturated carbocycles. The van der Waals surface area contributed by atoms with Crippen molar-refractivity contribution in [2.24, 2.45) is 0 Å². The average molecular weight is 586 g/mol. The highest BCUT2D eigenvalue weighted by atomic mass is 32.2. The van der Waals surface area contributed by atoms with Crippen molar-refractivity contribution in [3.05, 3.63) is 82.0 Å². The number of benzene rings is 2. The van der Waals surface area contributed by atoms with E-state index in [1.807, 2.05) is 36.0 Å². The van der Waals surface area contributed by atoms with E-state index in [0.717, 1.165) is 36.4 Å². The summed E-state index contributed by atoms with van der Waals surface area (Å²) in [6.07, 6.45) is -2.62. The molecule has 6 rings (SSSR count). The lowest BCUT2D eigenvalue weighted by molar-refractivity contribution is -0.140. The van der Waals surface area contributed by atoms with E-state index in [0.29, 0.717) is 28.7 Å². The molecule has 0 amide bonds. The van der Waals surface area contributed by atoms with Gasteiger partial charge in [-0.1, -0.05) is 24.3 Å². The van der Waals surface area contributed by atoms with Crippen molar-refractivity contribution in [1.82, 2.24) is 19.9 Å². The Kier molecular flexibility index (Phi) is 7.71. The second-order valence-electron chi connectivity index (χ2n) is 10.1. The number of alkyl halides is 3. The van der Waals surface area contributed by atoms with E-state index in [4.69, 9.17) is 4.74 Å². The molecule has 2 N–H and O–H groups in total. The molecule has 2 aliphatic heterocycles. The summed E-state index contributed by atoms with van der Waals surface area (Å²) >= 11 is 1.88. The Morgan fingerprint density at radius 1 is 1.10 bits per heavy atom. The topological polar surface area (TPSA) is 81.1 Å². The largest absolute Gasteiger partial charge is 0.406 e. The highest BCUT2D eigenvalue weighted by Gasteiger charge is 2.31. The van der Waals surface area contributed by atoms with Crippen molar-refractivity contribution in [2.75, 3.05) is 37.4 Å². The summed E-state index contributed by atoms with van der Waals surface area (Å²) in [5, 5.41) is 6.91. The minimum Gasteiger partial charge on any atom is -0.381 e. The number of nitrogens with zero attached hydrogens (tertiary/aromatic N) is 3. The average Bonchev–Trinajstić information content (AvgIpc) is 3.50. The zero-order chi connectivity index (χ0) is 28.6. The van der Waals surface area contributed by atoms with Crippen LogP contribution in [0.4, 0.5) is 29.2 Å². The highest BCUT2D eigenvalue weighted by molar-refractivity contribution is 7.99. The van der Waals surface area contributed by atoms with Crippen LogP contribution in [0.5, 0.6) is 0 Å². The smallest absolute Gasteiger partial charge is 0.381 e. The number of pyridine rings is 1. The molecule has 2 aromatic carbocycles. The van der Waals surface area contributed by atoms with Crippen molar-refractivity contribution >= 4 is 34.4 Å². The van der Waals surface area contributed by atoms with Crippen LogP contribution in [-0.2, 0) is 11.3 Å².